The van der Waals surface area contributed by atoms with Crippen LogP contribution in [0.25, 0.3) is 5.57 Å². The van der Waals surface area contributed by atoms with E-state index < -0.39 is 5.97 Å². The number of carbonyl (C=O) groups excluding carboxylic acids is 2. The summed E-state index contributed by atoms with van der Waals surface area (Å²) in [5.41, 5.74) is 0.855. The van der Waals surface area contributed by atoms with E-state index >= 15 is 0 Å². The van der Waals surface area contributed by atoms with Gasteiger partial charge in [-0.15, -0.1) is 0 Å². The number of esters is 1. The van der Waals surface area contributed by atoms with Crippen molar-refractivity contribution in [3.8, 4) is 0 Å². The molecule has 0 saturated carbocycles. The van der Waals surface area contributed by atoms with E-state index in [2.05, 4.69) is 0 Å². The van der Waals surface area contributed by atoms with Crippen molar-refractivity contribution in [3.05, 3.63) is 52.0 Å². The second-order valence-corrected chi connectivity index (χ2v) is 4.48. The van der Waals surface area contributed by atoms with E-state index in [-0.39, 0.29) is 5.78 Å². The van der Waals surface area contributed by atoms with Gasteiger partial charge in [-0.05, 0) is 36.8 Å². The summed E-state index contributed by atoms with van der Waals surface area (Å²) in [5.74, 6) is -0.638. The molecule has 5 heteroatoms. The second kappa shape index (κ2) is 7.12. The van der Waals surface area contributed by atoms with Gasteiger partial charge in [-0.3, -0.25) is 4.79 Å². The van der Waals surface area contributed by atoms with Crippen LogP contribution in [-0.2, 0) is 14.3 Å². The molecule has 100 valence electrons. The molecule has 1 aromatic rings. The fraction of sp³-hybridized carbons (Fsp3) is 0.143. The lowest BCUT2D eigenvalue weighted by Gasteiger charge is -2.06. The van der Waals surface area contributed by atoms with E-state index in [4.69, 9.17) is 27.9 Å². The maximum atomic E-state index is 11.7. The van der Waals surface area contributed by atoms with Gasteiger partial charge in [-0.25, -0.2) is 4.79 Å². The first-order chi connectivity index (χ1) is 8.95. The molecule has 0 bridgehead atoms. The molecule has 0 aliphatic carbocycles. The van der Waals surface area contributed by atoms with Crippen LogP contribution in [0.2, 0.25) is 10.0 Å². The molecule has 0 aliphatic rings. The molecular weight excluding hydrogens is 287 g/mol. The Balaban J connectivity index is 3.20. The van der Waals surface area contributed by atoms with Gasteiger partial charge >= 0.3 is 5.97 Å². The van der Waals surface area contributed by atoms with Crippen molar-refractivity contribution in [1.82, 2.24) is 0 Å². The number of methoxy groups -OCH3 is 1. The van der Waals surface area contributed by atoms with Crippen LogP contribution in [0.5, 0.6) is 0 Å². The first-order valence-corrected chi connectivity index (χ1v) is 6.14. The monoisotopic (exact) mass is 298 g/mol. The van der Waals surface area contributed by atoms with Gasteiger partial charge in [0.25, 0.3) is 0 Å². The fourth-order valence-corrected chi connectivity index (χ4v) is 1.63. The normalized spacial score (nSPS) is 11.7. The third kappa shape index (κ3) is 4.54. The molecule has 0 N–H and O–H groups in total. The average molecular weight is 299 g/mol. The van der Waals surface area contributed by atoms with Crippen molar-refractivity contribution >= 4 is 40.5 Å². The molecule has 0 saturated heterocycles. The zero-order chi connectivity index (χ0) is 14.4. The molecule has 1 rings (SSSR count). The highest BCUT2D eigenvalue weighted by molar-refractivity contribution is 6.42. The minimum Gasteiger partial charge on any atom is -0.465 e. The van der Waals surface area contributed by atoms with E-state index in [1.54, 1.807) is 18.2 Å². The predicted octanol–water partition coefficient (Wildman–Crippen LogP) is 3.70. The molecule has 0 fully saturated rings. The van der Waals surface area contributed by atoms with Gasteiger partial charge in [0, 0.05) is 0 Å². The van der Waals surface area contributed by atoms with Gasteiger partial charge < -0.3 is 4.74 Å². The van der Waals surface area contributed by atoms with E-state index in [1.165, 1.54) is 32.3 Å². The Bertz CT molecular complexity index is 560. The summed E-state index contributed by atoms with van der Waals surface area (Å²) in [6.45, 7) is 1.42. The number of rotatable bonds is 4. The van der Waals surface area contributed by atoms with Crippen LogP contribution in [0.3, 0.4) is 0 Å². The lowest BCUT2D eigenvalue weighted by atomic mass is 10.1. The maximum absolute atomic E-state index is 11.7. The topological polar surface area (TPSA) is 43.4 Å². The SMILES string of the molecule is COC(=O)/C(=C/C=C\C(C)=O)c1ccc(Cl)c(Cl)c1. The molecule has 1 aromatic carbocycles. The van der Waals surface area contributed by atoms with Gasteiger partial charge in [-0.2, -0.15) is 0 Å². The number of benzene rings is 1. The zero-order valence-corrected chi connectivity index (χ0v) is 12.0. The van der Waals surface area contributed by atoms with Crippen LogP contribution < -0.4 is 0 Å². The lowest BCUT2D eigenvalue weighted by Crippen LogP contribution is -2.03. The van der Waals surface area contributed by atoms with Crippen LogP contribution in [-0.4, -0.2) is 18.9 Å². The lowest BCUT2D eigenvalue weighted by molar-refractivity contribution is -0.133. The summed E-state index contributed by atoms with van der Waals surface area (Å²) < 4.78 is 4.69. The van der Waals surface area contributed by atoms with Crippen LogP contribution in [0, 0.1) is 0 Å². The third-order valence-corrected chi connectivity index (χ3v) is 2.97. The summed E-state index contributed by atoms with van der Waals surface area (Å²) in [6, 6.07) is 4.80. The highest BCUT2D eigenvalue weighted by atomic mass is 35.5. The summed E-state index contributed by atoms with van der Waals surface area (Å²) in [6.07, 6.45) is 4.32. The predicted molar refractivity (Wildman–Crippen MR) is 76.3 cm³/mol. The zero-order valence-electron chi connectivity index (χ0n) is 10.4. The quantitative estimate of drug-likeness (QED) is 0.484. The number of halogens is 2. The Kier molecular flexibility index (Phi) is 5.80. The Morgan fingerprint density at radius 3 is 2.42 bits per heavy atom. The Morgan fingerprint density at radius 1 is 1.21 bits per heavy atom. The molecule has 0 unspecified atom stereocenters. The summed E-state index contributed by atoms with van der Waals surface area (Å²) in [5, 5.41) is 0.735. The van der Waals surface area contributed by atoms with Crippen LogP contribution in [0.4, 0.5) is 0 Å². The molecule has 0 radical (unpaired) electrons. The molecule has 0 atom stereocenters. The largest absolute Gasteiger partial charge is 0.465 e. The molecule has 3 nitrogen and oxygen atoms in total. The molecule has 0 amide bonds. The van der Waals surface area contributed by atoms with Crippen molar-refractivity contribution in [1.29, 1.82) is 0 Å². The molecule has 0 heterocycles. The smallest absolute Gasteiger partial charge is 0.338 e. The van der Waals surface area contributed by atoms with Gasteiger partial charge in [0.15, 0.2) is 5.78 Å². The van der Waals surface area contributed by atoms with Gasteiger partial charge in [0.1, 0.15) is 0 Å². The molecule has 19 heavy (non-hydrogen) atoms. The minimum absolute atomic E-state index is 0.116. The Morgan fingerprint density at radius 2 is 1.89 bits per heavy atom. The third-order valence-electron chi connectivity index (χ3n) is 2.23. The molecule has 0 spiro atoms. The highest BCUT2D eigenvalue weighted by Gasteiger charge is 2.12. The number of allylic oxidation sites excluding steroid dienone is 3. The van der Waals surface area contributed by atoms with Gasteiger partial charge in [0.2, 0.25) is 0 Å². The number of ketones is 1. The number of hydrogen-bond acceptors (Lipinski definition) is 3. The van der Waals surface area contributed by atoms with E-state index in [0.29, 0.717) is 21.2 Å². The summed E-state index contributed by atoms with van der Waals surface area (Å²) in [4.78, 5) is 22.5. The van der Waals surface area contributed by atoms with Crippen LogP contribution in [0.1, 0.15) is 12.5 Å². The van der Waals surface area contributed by atoms with Crippen molar-refractivity contribution in [2.24, 2.45) is 0 Å². The summed E-state index contributed by atoms with van der Waals surface area (Å²) >= 11 is 11.7. The first kappa shape index (κ1) is 15.5. The molecule has 0 aliphatic heterocycles. The van der Waals surface area contributed by atoms with E-state index in [1.807, 2.05) is 0 Å². The van der Waals surface area contributed by atoms with Crippen molar-refractivity contribution in [2.75, 3.05) is 7.11 Å². The van der Waals surface area contributed by atoms with Crippen LogP contribution >= 0.6 is 23.2 Å². The highest BCUT2D eigenvalue weighted by Crippen LogP contribution is 2.26. The fourth-order valence-electron chi connectivity index (χ4n) is 1.34. The van der Waals surface area contributed by atoms with E-state index in [9.17, 15) is 9.59 Å². The van der Waals surface area contributed by atoms with Gasteiger partial charge in [0.05, 0.1) is 22.7 Å². The minimum atomic E-state index is -0.522. The molecular formula is C14H12Cl2O3. The Labute approximate surface area is 121 Å². The van der Waals surface area contributed by atoms with E-state index in [0.717, 1.165) is 0 Å². The van der Waals surface area contributed by atoms with Crippen molar-refractivity contribution in [3.63, 3.8) is 0 Å². The van der Waals surface area contributed by atoms with Gasteiger partial charge in [-0.1, -0.05) is 35.3 Å². The number of hydrogen-bond donors (Lipinski definition) is 0. The standard InChI is InChI=1S/C14H12Cl2O3/c1-9(17)4-3-5-11(14(18)19-2)10-6-7-12(15)13(16)8-10/h3-8H,1-2H3/b4-3-,11-5+. The maximum Gasteiger partial charge on any atom is 0.338 e. The molecule has 0 aromatic heterocycles. The summed E-state index contributed by atoms with van der Waals surface area (Å²) in [7, 11) is 1.28. The number of ether oxygens (including phenoxy) is 1. The second-order valence-electron chi connectivity index (χ2n) is 3.67. The Hall–Kier alpha value is -1.58. The number of carbonyl (C=O) groups is 2. The average Bonchev–Trinajstić information content (AvgIpc) is 2.37. The first-order valence-electron chi connectivity index (χ1n) is 5.38. The van der Waals surface area contributed by atoms with Crippen molar-refractivity contribution in [2.45, 2.75) is 6.92 Å². The van der Waals surface area contributed by atoms with Crippen molar-refractivity contribution < 1.29 is 14.3 Å². The van der Waals surface area contributed by atoms with Crippen LogP contribution in [0.15, 0.2) is 36.4 Å².